The van der Waals surface area contributed by atoms with Crippen LogP contribution in [0.5, 0.6) is 5.75 Å². The number of carbonyl (C=O) groups is 1. The number of hydrogen-bond acceptors (Lipinski definition) is 9. The smallest absolute Gasteiger partial charge is 0.410 e. The molecular formula is C34H42N4O5S2. The fourth-order valence-corrected chi connectivity index (χ4v) is 8.22. The maximum atomic E-state index is 12.6. The second kappa shape index (κ2) is 13.0. The molecule has 1 aliphatic rings. The number of amides is 1. The number of rotatable bonds is 8. The van der Waals surface area contributed by atoms with E-state index in [2.05, 4.69) is 41.5 Å². The molecular weight excluding hydrogens is 609 g/mol. The Morgan fingerprint density at radius 2 is 1.82 bits per heavy atom. The van der Waals surface area contributed by atoms with Crippen molar-refractivity contribution in [3.63, 3.8) is 0 Å². The summed E-state index contributed by atoms with van der Waals surface area (Å²) in [6.45, 7) is 10.00. The van der Waals surface area contributed by atoms with Crippen molar-refractivity contribution in [2.45, 2.75) is 71.6 Å². The van der Waals surface area contributed by atoms with Crippen LogP contribution in [0.3, 0.4) is 0 Å². The normalized spacial score (nSPS) is 15.9. The lowest BCUT2D eigenvalue weighted by Gasteiger charge is -2.25. The molecule has 0 radical (unpaired) electrons. The zero-order chi connectivity index (χ0) is 32.5. The van der Waals surface area contributed by atoms with Crippen LogP contribution < -0.4 is 10.1 Å². The summed E-state index contributed by atoms with van der Waals surface area (Å²) in [5.41, 5.74) is 3.32. The topological polar surface area (TPSA) is 111 Å². The van der Waals surface area contributed by atoms with Crippen LogP contribution in [0, 0.1) is 6.92 Å². The number of carbonyl (C=O) groups excluding carboxylic acids is 1. The summed E-state index contributed by atoms with van der Waals surface area (Å²) in [6.07, 6.45) is 0.787. The number of nitrogens with zero attached hydrogens (tertiary/aromatic N) is 3. The van der Waals surface area contributed by atoms with Gasteiger partial charge in [0.05, 0.1) is 30.2 Å². The molecule has 1 fully saturated rings. The van der Waals surface area contributed by atoms with Crippen molar-refractivity contribution < 1.29 is 22.7 Å². The van der Waals surface area contributed by atoms with Gasteiger partial charge in [-0.3, -0.25) is 0 Å². The molecule has 1 saturated heterocycles. The molecule has 1 aliphatic heterocycles. The molecule has 1 amide bonds. The number of nitrogens with one attached hydrogen (secondary N) is 1. The highest BCUT2D eigenvalue weighted by Gasteiger charge is 2.28. The predicted molar refractivity (Wildman–Crippen MR) is 181 cm³/mol. The molecule has 9 nitrogen and oxygen atoms in total. The van der Waals surface area contributed by atoms with Gasteiger partial charge in [0, 0.05) is 34.8 Å². The SMILES string of the molecule is COc1cc2nc(C)nc(NC(C)c3ccc(-c4ccccc4CN(C)C(=O)OC(C)(C)C)s3)c2cc1C1CCS(=O)(=O)CC1. The standard InChI is InChI=1S/C34H42N4O5S2/c1-21(30-12-13-31(44-30)25-11-9-8-10-24(25)20-38(6)33(39)43-34(3,4)5)35-32-27-18-26(23-14-16-45(40,41)17-15-23)29(42-7)19-28(27)36-22(2)37-32/h8-13,18-19,21,23H,14-17,20H2,1-7H3,(H,35,36,37). The highest BCUT2D eigenvalue weighted by Crippen LogP contribution is 2.40. The van der Waals surface area contributed by atoms with Gasteiger partial charge < -0.3 is 19.7 Å². The van der Waals surface area contributed by atoms with Crippen molar-refractivity contribution in [2.75, 3.05) is 31.0 Å². The van der Waals surface area contributed by atoms with Gasteiger partial charge in [-0.05, 0) is 88.3 Å². The third-order valence-corrected chi connectivity index (χ3v) is 11.0. The van der Waals surface area contributed by atoms with Crippen LogP contribution >= 0.6 is 11.3 Å². The van der Waals surface area contributed by atoms with Gasteiger partial charge in [-0.1, -0.05) is 24.3 Å². The van der Waals surface area contributed by atoms with Crippen LogP contribution in [0.25, 0.3) is 21.3 Å². The van der Waals surface area contributed by atoms with E-state index in [0.717, 1.165) is 48.9 Å². The van der Waals surface area contributed by atoms with Crippen molar-refractivity contribution in [2.24, 2.45) is 0 Å². The Hall–Kier alpha value is -3.70. The maximum Gasteiger partial charge on any atom is 0.410 e. The summed E-state index contributed by atoms with van der Waals surface area (Å²) in [4.78, 5) is 25.9. The number of sulfone groups is 1. The van der Waals surface area contributed by atoms with E-state index in [1.165, 1.54) is 0 Å². The quantitative estimate of drug-likeness (QED) is 0.209. The van der Waals surface area contributed by atoms with Crippen LogP contribution in [0.15, 0.2) is 48.5 Å². The molecule has 1 atom stereocenters. The van der Waals surface area contributed by atoms with E-state index in [4.69, 9.17) is 14.5 Å². The number of methoxy groups -OCH3 is 1. The van der Waals surface area contributed by atoms with Gasteiger partial charge in [0.2, 0.25) is 0 Å². The van der Waals surface area contributed by atoms with Crippen LogP contribution in [-0.2, 0) is 21.1 Å². The monoisotopic (exact) mass is 650 g/mol. The summed E-state index contributed by atoms with van der Waals surface area (Å²) in [7, 11) is 0.409. The van der Waals surface area contributed by atoms with E-state index >= 15 is 0 Å². The molecule has 0 bridgehead atoms. The molecule has 240 valence electrons. The summed E-state index contributed by atoms with van der Waals surface area (Å²) in [6, 6.07) is 16.3. The van der Waals surface area contributed by atoms with Crippen LogP contribution in [0.2, 0.25) is 0 Å². The fourth-order valence-electron chi connectivity index (χ4n) is 5.66. The molecule has 2 aromatic heterocycles. The predicted octanol–water partition coefficient (Wildman–Crippen LogP) is 7.51. The summed E-state index contributed by atoms with van der Waals surface area (Å²) in [5.74, 6) is 2.56. The average Bonchev–Trinajstić information content (AvgIpc) is 3.46. The Balaban J connectivity index is 1.40. The first-order valence-electron chi connectivity index (χ1n) is 15.2. The van der Waals surface area contributed by atoms with Gasteiger partial charge in [-0.15, -0.1) is 11.3 Å². The van der Waals surface area contributed by atoms with Gasteiger partial charge in [0.15, 0.2) is 0 Å². The lowest BCUT2D eigenvalue weighted by Crippen LogP contribution is -2.33. The van der Waals surface area contributed by atoms with Crippen molar-refractivity contribution in [3.05, 3.63) is 70.4 Å². The van der Waals surface area contributed by atoms with E-state index in [1.54, 1.807) is 30.4 Å². The largest absolute Gasteiger partial charge is 0.496 e. The van der Waals surface area contributed by atoms with Crippen molar-refractivity contribution in [1.29, 1.82) is 0 Å². The molecule has 4 aromatic rings. The minimum absolute atomic E-state index is 0.0526. The first-order chi connectivity index (χ1) is 21.2. The third kappa shape index (κ3) is 7.76. The minimum atomic E-state index is -2.98. The number of hydrogen-bond donors (Lipinski definition) is 1. The molecule has 0 spiro atoms. The highest BCUT2D eigenvalue weighted by atomic mass is 32.2. The molecule has 2 aromatic carbocycles. The number of ether oxygens (including phenoxy) is 2. The van der Waals surface area contributed by atoms with Crippen LogP contribution in [0.1, 0.15) is 74.3 Å². The molecule has 3 heterocycles. The van der Waals surface area contributed by atoms with Crippen molar-refractivity contribution in [3.8, 4) is 16.2 Å². The fraction of sp³-hybridized carbons (Fsp3) is 0.441. The highest BCUT2D eigenvalue weighted by molar-refractivity contribution is 7.91. The number of anilines is 1. The van der Waals surface area contributed by atoms with Crippen molar-refractivity contribution in [1.82, 2.24) is 14.9 Å². The number of thiophene rings is 1. The van der Waals surface area contributed by atoms with Crippen LogP contribution in [-0.4, -0.2) is 60.6 Å². The molecule has 1 unspecified atom stereocenters. The molecule has 0 aliphatic carbocycles. The third-order valence-electron chi connectivity index (χ3n) is 7.96. The van der Waals surface area contributed by atoms with Gasteiger partial charge in [-0.25, -0.2) is 23.2 Å². The maximum absolute atomic E-state index is 12.6. The molecule has 5 rings (SSSR count). The van der Waals surface area contributed by atoms with Crippen LogP contribution in [0.4, 0.5) is 10.6 Å². The lowest BCUT2D eigenvalue weighted by molar-refractivity contribution is 0.0285. The molecule has 1 N–H and O–H groups in total. The summed E-state index contributed by atoms with van der Waals surface area (Å²) < 4.78 is 35.5. The zero-order valence-corrected chi connectivity index (χ0v) is 28.6. The Labute approximate surface area is 269 Å². The van der Waals surface area contributed by atoms with Gasteiger partial charge in [0.25, 0.3) is 0 Å². The summed E-state index contributed by atoms with van der Waals surface area (Å²) >= 11 is 1.70. The second-order valence-corrected chi connectivity index (χ2v) is 16.1. The number of aromatic nitrogens is 2. The Morgan fingerprint density at radius 3 is 2.51 bits per heavy atom. The van der Waals surface area contributed by atoms with Gasteiger partial charge in [-0.2, -0.15) is 0 Å². The molecule has 45 heavy (non-hydrogen) atoms. The zero-order valence-electron chi connectivity index (χ0n) is 27.0. The van der Waals surface area contributed by atoms with E-state index in [-0.39, 0.29) is 29.6 Å². The second-order valence-electron chi connectivity index (χ2n) is 12.7. The minimum Gasteiger partial charge on any atom is -0.496 e. The Morgan fingerprint density at radius 1 is 1.11 bits per heavy atom. The lowest BCUT2D eigenvalue weighted by atomic mass is 9.91. The first-order valence-corrected chi connectivity index (χ1v) is 17.8. The van der Waals surface area contributed by atoms with E-state index in [9.17, 15) is 13.2 Å². The summed E-state index contributed by atoms with van der Waals surface area (Å²) in [5, 5.41) is 4.50. The number of benzene rings is 2. The van der Waals surface area contributed by atoms with Gasteiger partial charge >= 0.3 is 6.09 Å². The average molecular weight is 651 g/mol. The van der Waals surface area contributed by atoms with E-state index in [0.29, 0.717) is 25.2 Å². The van der Waals surface area contributed by atoms with Crippen molar-refractivity contribution >= 4 is 44.0 Å². The number of fused-ring (bicyclic) bond motifs is 1. The Bertz CT molecular complexity index is 1800. The molecule has 11 heteroatoms. The molecule has 0 saturated carbocycles. The number of aryl methyl sites for hydroxylation is 1. The van der Waals surface area contributed by atoms with Gasteiger partial charge in [0.1, 0.15) is 32.8 Å². The van der Waals surface area contributed by atoms with E-state index < -0.39 is 15.4 Å². The Kier molecular flexibility index (Phi) is 9.41. The first kappa shape index (κ1) is 32.7. The van der Waals surface area contributed by atoms with E-state index in [1.807, 2.05) is 52.0 Å².